The molecule has 0 aliphatic rings. The Hall–Kier alpha value is -1.35. The number of nitrogens with zero attached hydrogens (tertiary/aromatic N) is 4. The van der Waals surface area contributed by atoms with Crippen molar-refractivity contribution in [1.29, 1.82) is 0 Å². The Morgan fingerprint density at radius 3 is 2.96 bits per heavy atom. The van der Waals surface area contributed by atoms with Crippen molar-refractivity contribution in [2.75, 3.05) is 6.54 Å². The van der Waals surface area contributed by atoms with Gasteiger partial charge in [-0.25, -0.2) is 14.8 Å². The largest absolute Gasteiger partial charge is 0.465 e. The molecule has 2 heterocycles. The van der Waals surface area contributed by atoms with E-state index in [1.807, 2.05) is 17.7 Å². The monoisotopic (exact) mass is 448 g/mol. The third-order valence-corrected chi connectivity index (χ3v) is 4.72. The highest BCUT2D eigenvalue weighted by atomic mass is 127. The normalized spacial score (nSPS) is 12.3. The highest BCUT2D eigenvalue weighted by molar-refractivity contribution is 14.1. The number of rotatable bonds is 7. The van der Waals surface area contributed by atoms with Crippen LogP contribution in [0.15, 0.2) is 25.2 Å². The van der Waals surface area contributed by atoms with Crippen LogP contribution in [0.1, 0.15) is 19.8 Å². The lowest BCUT2D eigenvalue weighted by molar-refractivity contribution is 0.129. The summed E-state index contributed by atoms with van der Waals surface area (Å²) in [6.45, 7) is 6.74. The summed E-state index contributed by atoms with van der Waals surface area (Å²) in [6.07, 6.45) is 5.77. The molecule has 0 saturated heterocycles. The Bertz CT molecular complexity index is 719. The van der Waals surface area contributed by atoms with Gasteiger partial charge in [0.1, 0.15) is 17.1 Å². The van der Waals surface area contributed by atoms with Crippen molar-refractivity contribution < 1.29 is 9.90 Å². The van der Waals surface area contributed by atoms with Gasteiger partial charge in [-0.05, 0) is 29.0 Å². The van der Waals surface area contributed by atoms with E-state index in [0.717, 1.165) is 21.8 Å². The van der Waals surface area contributed by atoms with Crippen molar-refractivity contribution in [3.05, 3.63) is 33.9 Å². The van der Waals surface area contributed by atoms with Crippen LogP contribution in [0.2, 0.25) is 5.15 Å². The topological polar surface area (TPSA) is 71.2 Å². The molecule has 1 atom stereocenters. The maximum absolute atomic E-state index is 11.5. The molecular formula is C15H18ClIN4O2. The van der Waals surface area contributed by atoms with Crippen molar-refractivity contribution in [1.82, 2.24) is 19.4 Å². The van der Waals surface area contributed by atoms with Crippen molar-refractivity contribution in [2.24, 2.45) is 0 Å². The van der Waals surface area contributed by atoms with Crippen molar-refractivity contribution >= 4 is 51.3 Å². The lowest BCUT2D eigenvalue weighted by Gasteiger charge is -2.27. The van der Waals surface area contributed by atoms with Crippen LogP contribution >= 0.6 is 34.2 Å². The molecule has 0 aliphatic carbocycles. The second-order valence-electron chi connectivity index (χ2n) is 5.13. The number of carboxylic acid groups (broad SMARTS) is 1. The minimum Gasteiger partial charge on any atom is -0.465 e. The Labute approximate surface area is 153 Å². The highest BCUT2D eigenvalue weighted by Gasteiger charge is 2.22. The number of hydrogen-bond donors (Lipinski definition) is 1. The summed E-state index contributed by atoms with van der Waals surface area (Å²) < 4.78 is 2.83. The summed E-state index contributed by atoms with van der Waals surface area (Å²) in [5, 5.41) is 10.6. The summed E-state index contributed by atoms with van der Waals surface area (Å²) in [5.41, 5.74) is 0.696. The van der Waals surface area contributed by atoms with Gasteiger partial charge in [0, 0.05) is 22.9 Å². The molecule has 0 bridgehead atoms. The van der Waals surface area contributed by atoms with E-state index in [1.54, 1.807) is 6.08 Å². The van der Waals surface area contributed by atoms with E-state index in [9.17, 15) is 9.90 Å². The van der Waals surface area contributed by atoms with Gasteiger partial charge in [-0.3, -0.25) is 0 Å². The summed E-state index contributed by atoms with van der Waals surface area (Å²) in [4.78, 5) is 21.2. The average molecular weight is 449 g/mol. The van der Waals surface area contributed by atoms with Crippen LogP contribution < -0.4 is 0 Å². The number of carbonyl (C=O) groups is 1. The average Bonchev–Trinajstić information content (AvgIpc) is 2.83. The second kappa shape index (κ2) is 7.96. The number of hydrogen-bond acceptors (Lipinski definition) is 3. The van der Waals surface area contributed by atoms with E-state index in [-0.39, 0.29) is 6.04 Å². The van der Waals surface area contributed by atoms with Gasteiger partial charge in [0.2, 0.25) is 0 Å². The van der Waals surface area contributed by atoms with E-state index >= 15 is 0 Å². The molecule has 0 aromatic carbocycles. The maximum Gasteiger partial charge on any atom is 0.407 e. The molecule has 0 spiro atoms. The van der Waals surface area contributed by atoms with Crippen molar-refractivity contribution in [3.8, 4) is 0 Å². The van der Waals surface area contributed by atoms with Gasteiger partial charge >= 0.3 is 6.09 Å². The van der Waals surface area contributed by atoms with E-state index in [0.29, 0.717) is 23.9 Å². The molecule has 0 radical (unpaired) electrons. The van der Waals surface area contributed by atoms with Crippen molar-refractivity contribution in [2.45, 2.75) is 32.4 Å². The predicted molar refractivity (Wildman–Crippen MR) is 98.9 cm³/mol. The zero-order valence-corrected chi connectivity index (χ0v) is 15.7. The SMILES string of the molecule is C=CC(Cn1cc(I)c2c(Cl)ncnc21)N(CCCC)C(=O)O. The molecule has 6 nitrogen and oxygen atoms in total. The molecule has 0 saturated carbocycles. The number of aromatic nitrogens is 3. The first-order chi connectivity index (χ1) is 11.0. The molecule has 8 heteroatoms. The molecule has 1 amide bonds. The standard InChI is InChI=1S/C15H18ClIN4O2/c1-3-5-6-21(15(22)23)10(4-2)7-20-8-11(17)12-13(16)18-9-19-14(12)20/h4,8-10H,2-3,5-7H2,1H3,(H,22,23). The van der Waals surface area contributed by atoms with Gasteiger partial charge in [0.05, 0.1) is 11.4 Å². The molecule has 2 rings (SSSR count). The first-order valence-corrected chi connectivity index (χ1v) is 8.72. The van der Waals surface area contributed by atoms with Crippen molar-refractivity contribution in [3.63, 3.8) is 0 Å². The molecule has 2 aromatic rings. The zero-order valence-electron chi connectivity index (χ0n) is 12.7. The Kier molecular flexibility index (Phi) is 6.23. The van der Waals surface area contributed by atoms with Crippen LogP contribution in [0.25, 0.3) is 11.0 Å². The Morgan fingerprint density at radius 1 is 1.61 bits per heavy atom. The molecule has 0 aliphatic heterocycles. The number of halogens is 2. The third kappa shape index (κ3) is 3.95. The summed E-state index contributed by atoms with van der Waals surface area (Å²) in [7, 11) is 0. The molecule has 1 N–H and O–H groups in total. The highest BCUT2D eigenvalue weighted by Crippen LogP contribution is 2.27. The summed E-state index contributed by atoms with van der Waals surface area (Å²) >= 11 is 8.31. The minimum atomic E-state index is -0.942. The van der Waals surface area contributed by atoms with Gasteiger partial charge in [-0.2, -0.15) is 0 Å². The first kappa shape index (κ1) is 18.0. The van der Waals surface area contributed by atoms with Gasteiger partial charge in [0.25, 0.3) is 0 Å². The van der Waals surface area contributed by atoms with Crippen LogP contribution in [0.5, 0.6) is 0 Å². The molecule has 2 aromatic heterocycles. The van der Waals surface area contributed by atoms with Gasteiger partial charge in [-0.1, -0.05) is 31.0 Å². The fraction of sp³-hybridized carbons (Fsp3) is 0.400. The molecule has 1 unspecified atom stereocenters. The van der Waals surface area contributed by atoms with Crippen LogP contribution in [0.3, 0.4) is 0 Å². The van der Waals surface area contributed by atoms with Gasteiger partial charge in [0.15, 0.2) is 0 Å². The minimum absolute atomic E-state index is 0.334. The lowest BCUT2D eigenvalue weighted by atomic mass is 10.2. The number of amides is 1. The molecular weight excluding hydrogens is 431 g/mol. The summed E-state index contributed by atoms with van der Waals surface area (Å²) in [6, 6.07) is -0.334. The molecule has 124 valence electrons. The van der Waals surface area contributed by atoms with E-state index in [2.05, 4.69) is 39.1 Å². The summed E-state index contributed by atoms with van der Waals surface area (Å²) in [5.74, 6) is 0. The fourth-order valence-electron chi connectivity index (χ4n) is 2.41. The molecule has 23 heavy (non-hydrogen) atoms. The van der Waals surface area contributed by atoms with Crippen LogP contribution in [-0.2, 0) is 6.54 Å². The smallest absolute Gasteiger partial charge is 0.407 e. The van der Waals surface area contributed by atoms with Gasteiger partial charge < -0.3 is 14.6 Å². The maximum atomic E-state index is 11.5. The first-order valence-electron chi connectivity index (χ1n) is 7.26. The van der Waals surface area contributed by atoms with Crippen LogP contribution in [0.4, 0.5) is 4.79 Å². The Morgan fingerprint density at radius 2 is 2.35 bits per heavy atom. The fourth-order valence-corrected chi connectivity index (χ4v) is 3.64. The quantitative estimate of drug-likeness (QED) is 0.394. The lowest BCUT2D eigenvalue weighted by Crippen LogP contribution is -2.41. The zero-order chi connectivity index (χ0) is 17.0. The molecule has 0 fully saturated rings. The van der Waals surface area contributed by atoms with E-state index in [1.165, 1.54) is 11.2 Å². The number of unbranched alkanes of at least 4 members (excludes halogenated alkanes) is 1. The number of fused-ring (bicyclic) bond motifs is 1. The second-order valence-corrected chi connectivity index (χ2v) is 6.65. The third-order valence-electron chi connectivity index (χ3n) is 3.62. The van der Waals surface area contributed by atoms with Crippen LogP contribution in [-0.4, -0.2) is 43.2 Å². The Balaban J connectivity index is 2.33. The van der Waals surface area contributed by atoms with E-state index < -0.39 is 6.09 Å². The predicted octanol–water partition coefficient (Wildman–Crippen LogP) is 4.02. The van der Waals surface area contributed by atoms with E-state index in [4.69, 9.17) is 11.6 Å². The van der Waals surface area contributed by atoms with Crippen LogP contribution in [0, 0.1) is 3.57 Å². The van der Waals surface area contributed by atoms with Gasteiger partial charge in [-0.15, -0.1) is 6.58 Å².